The lowest BCUT2D eigenvalue weighted by molar-refractivity contribution is 0.794. The van der Waals surface area contributed by atoms with Crippen LogP contribution in [0, 0.1) is 0 Å². The van der Waals surface area contributed by atoms with Gasteiger partial charge in [0.2, 0.25) is 0 Å². The second-order valence-electron chi connectivity index (χ2n) is 18.3. The van der Waals surface area contributed by atoms with Crippen molar-refractivity contribution in [3.63, 3.8) is 0 Å². The number of aromatic nitrogens is 4. The van der Waals surface area contributed by atoms with Gasteiger partial charge in [-0.25, -0.2) is 15.0 Å². The van der Waals surface area contributed by atoms with Crippen molar-refractivity contribution in [3.05, 3.63) is 235 Å². The summed E-state index contributed by atoms with van der Waals surface area (Å²) >= 11 is 0. The molecule has 0 saturated carbocycles. The van der Waals surface area contributed by atoms with Crippen molar-refractivity contribution in [2.75, 3.05) is 0 Å². The maximum Gasteiger partial charge on any atom is 0.165 e. The molecule has 2 aromatic heterocycles. The van der Waals surface area contributed by atoms with Gasteiger partial charge in [-0.3, -0.25) is 4.98 Å². The van der Waals surface area contributed by atoms with E-state index in [4.69, 9.17) is 15.0 Å². The molecule has 0 N–H and O–H groups in total. The Morgan fingerprint density at radius 3 is 1.32 bits per heavy atom. The first-order valence-electron chi connectivity index (χ1n) is 22.4. The molecule has 10 aromatic rings. The fourth-order valence-electron chi connectivity index (χ4n) is 10.2. The van der Waals surface area contributed by atoms with Crippen molar-refractivity contribution >= 4 is 13.3 Å². The lowest BCUT2D eigenvalue weighted by Gasteiger charge is -2.31. The molecule has 4 nitrogen and oxygen atoms in total. The lowest BCUT2D eigenvalue weighted by Crippen LogP contribution is -2.37. The average Bonchev–Trinajstić information content (AvgIpc) is 3.83. The second kappa shape index (κ2) is 15.1. The predicted octanol–water partition coefficient (Wildman–Crippen LogP) is 14.2. The van der Waals surface area contributed by atoms with Gasteiger partial charge in [-0.15, -0.1) is 0 Å². The summed E-state index contributed by atoms with van der Waals surface area (Å²) in [6.45, 7) is 7.24. The summed E-state index contributed by atoms with van der Waals surface area (Å²) in [5.41, 5.74) is 19.8. The van der Waals surface area contributed by atoms with Crippen LogP contribution in [0.25, 0.3) is 89.8 Å². The van der Waals surface area contributed by atoms with Crippen LogP contribution in [-0.4, -0.2) is 28.0 Å². The monoisotopic (exact) mass is 848 g/mol. The molecule has 65 heavy (non-hydrogen) atoms. The van der Waals surface area contributed by atoms with Gasteiger partial charge in [-0.2, -0.15) is 0 Å². The quantitative estimate of drug-likeness (QED) is 0.150. The summed E-state index contributed by atoms with van der Waals surface area (Å²) in [7, 11) is -1.43. The van der Waals surface area contributed by atoms with E-state index in [2.05, 4.69) is 182 Å². The minimum Gasteiger partial charge on any atom is -0.264 e. The van der Waals surface area contributed by atoms with Crippen LogP contribution >= 0.6 is 0 Å². The topological polar surface area (TPSA) is 51.6 Å². The number of fused-ring (bicyclic) bond motifs is 10. The molecule has 0 amide bonds. The molecule has 308 valence electrons. The number of benzene rings is 8. The van der Waals surface area contributed by atoms with Crippen molar-refractivity contribution < 1.29 is 0 Å². The van der Waals surface area contributed by atoms with Gasteiger partial charge in [0.15, 0.2) is 17.5 Å². The summed E-state index contributed by atoms with van der Waals surface area (Å²) in [4.78, 5) is 19.2. The van der Waals surface area contributed by atoms with Crippen LogP contribution in [-0.2, 0) is 5.41 Å². The van der Waals surface area contributed by atoms with E-state index in [0.29, 0.717) is 17.5 Å². The molecule has 0 unspecified atom stereocenters. The second-order valence-corrected chi connectivity index (χ2v) is 23.3. The third kappa shape index (κ3) is 6.42. The first-order chi connectivity index (χ1) is 31.8. The largest absolute Gasteiger partial charge is 0.264 e. The van der Waals surface area contributed by atoms with E-state index >= 15 is 0 Å². The van der Waals surface area contributed by atoms with Gasteiger partial charge in [0.1, 0.15) is 0 Å². The summed E-state index contributed by atoms with van der Waals surface area (Å²) in [5.74, 6) is 1.83. The minimum absolute atomic E-state index is 0.466. The molecular formula is C60H44N4Si. The maximum absolute atomic E-state index is 5.01. The zero-order chi connectivity index (χ0) is 43.7. The van der Waals surface area contributed by atoms with E-state index in [1.165, 1.54) is 66.4 Å². The van der Waals surface area contributed by atoms with Gasteiger partial charge in [0, 0.05) is 29.1 Å². The zero-order valence-electron chi connectivity index (χ0n) is 36.5. The lowest BCUT2D eigenvalue weighted by atomic mass is 9.70. The van der Waals surface area contributed by atoms with E-state index in [1.807, 2.05) is 42.5 Å². The zero-order valence-corrected chi connectivity index (χ0v) is 37.5. The van der Waals surface area contributed by atoms with E-state index in [9.17, 15) is 0 Å². The Kier molecular flexibility index (Phi) is 9.04. The molecule has 1 spiro atoms. The van der Waals surface area contributed by atoms with Crippen LogP contribution in [0.4, 0.5) is 0 Å². The highest BCUT2D eigenvalue weighted by atomic mass is 28.3. The Labute approximate surface area is 381 Å². The number of pyridine rings is 1. The molecule has 0 bridgehead atoms. The molecule has 2 heterocycles. The van der Waals surface area contributed by atoms with Crippen molar-refractivity contribution in [1.29, 1.82) is 0 Å². The van der Waals surface area contributed by atoms with Crippen LogP contribution in [0.3, 0.4) is 0 Å². The van der Waals surface area contributed by atoms with E-state index in [0.717, 1.165) is 33.4 Å². The molecule has 0 aliphatic heterocycles. The first-order valence-corrected chi connectivity index (χ1v) is 25.9. The fraction of sp³-hybridized carbons (Fsp3) is 0.0667. The highest BCUT2D eigenvalue weighted by Crippen LogP contribution is 2.63. The summed E-state index contributed by atoms with van der Waals surface area (Å²) in [6.07, 6.45) is 3.56. The Hall–Kier alpha value is -7.86. The summed E-state index contributed by atoms with van der Waals surface area (Å²) in [6, 6.07) is 73.2. The van der Waals surface area contributed by atoms with E-state index < -0.39 is 13.5 Å². The predicted molar refractivity (Wildman–Crippen MR) is 270 cm³/mol. The van der Waals surface area contributed by atoms with Crippen molar-refractivity contribution in [2.24, 2.45) is 0 Å². The third-order valence-corrected chi connectivity index (χ3v) is 15.5. The van der Waals surface area contributed by atoms with Gasteiger partial charge >= 0.3 is 0 Å². The number of rotatable bonds is 7. The van der Waals surface area contributed by atoms with Gasteiger partial charge in [0.05, 0.1) is 13.5 Å². The van der Waals surface area contributed by atoms with E-state index in [1.54, 1.807) is 12.4 Å². The molecule has 2 aliphatic carbocycles. The SMILES string of the molecule is C[Si](C)(C)c1ccc(-c2ccc3c(c2)C2(c4ccccc4-c4ccccc42)c2cc(-c4cccc(-c5cccc(-c6nc(-c7ccccc7)nc(-c7cccnc7)n6)c5)c4)ccc2-3)cc1. The minimum atomic E-state index is -1.43. The van der Waals surface area contributed by atoms with Crippen LogP contribution in [0.15, 0.2) is 213 Å². The fourth-order valence-corrected chi connectivity index (χ4v) is 11.4. The highest BCUT2D eigenvalue weighted by molar-refractivity contribution is 6.88. The van der Waals surface area contributed by atoms with Gasteiger partial charge in [-0.1, -0.05) is 189 Å². The number of hydrogen-bond donors (Lipinski definition) is 0. The van der Waals surface area contributed by atoms with Gasteiger partial charge in [-0.05, 0) is 114 Å². The number of hydrogen-bond acceptors (Lipinski definition) is 4. The molecule has 5 heteroatoms. The molecule has 0 saturated heterocycles. The standard InChI is InChI=1S/C60H44N4Si/c1-65(2,3)48-29-25-39(26-30-48)44-27-31-51-52-32-28-45(37-56(52)60(55(51)36-44)53-23-9-7-21-49(53)50-22-8-10-24-54(50)60)42-17-11-16-41(34-42)43-18-12-19-46(35-43)58-62-57(40-14-5-4-6-15-40)63-59(64-58)47-20-13-33-61-38-47/h4-38H,1-3H3. The Morgan fingerprint density at radius 1 is 0.323 bits per heavy atom. The Morgan fingerprint density at radius 2 is 0.754 bits per heavy atom. The average molecular weight is 849 g/mol. The Balaban J connectivity index is 0.972. The summed E-state index contributed by atoms with van der Waals surface area (Å²) in [5, 5.41) is 1.48. The Bertz CT molecular complexity index is 3360. The van der Waals surface area contributed by atoms with Crippen LogP contribution in [0.2, 0.25) is 19.6 Å². The summed E-state index contributed by atoms with van der Waals surface area (Å²) < 4.78 is 0. The van der Waals surface area contributed by atoms with E-state index in [-0.39, 0.29) is 0 Å². The molecular weight excluding hydrogens is 805 g/mol. The number of nitrogens with zero attached hydrogens (tertiary/aromatic N) is 4. The van der Waals surface area contributed by atoms with Crippen LogP contribution in [0.5, 0.6) is 0 Å². The van der Waals surface area contributed by atoms with Gasteiger partial charge in [0.25, 0.3) is 0 Å². The van der Waals surface area contributed by atoms with Crippen molar-refractivity contribution in [3.8, 4) is 89.8 Å². The smallest absolute Gasteiger partial charge is 0.165 e. The maximum atomic E-state index is 5.01. The van der Waals surface area contributed by atoms with Crippen LogP contribution in [0.1, 0.15) is 22.3 Å². The van der Waals surface area contributed by atoms with Gasteiger partial charge < -0.3 is 0 Å². The molecule has 8 aromatic carbocycles. The normalized spacial score (nSPS) is 13.0. The molecule has 0 fully saturated rings. The van der Waals surface area contributed by atoms with Crippen molar-refractivity contribution in [2.45, 2.75) is 25.1 Å². The highest BCUT2D eigenvalue weighted by Gasteiger charge is 2.51. The molecule has 2 aliphatic rings. The molecule has 12 rings (SSSR count). The van der Waals surface area contributed by atoms with Crippen molar-refractivity contribution in [1.82, 2.24) is 19.9 Å². The van der Waals surface area contributed by atoms with Crippen LogP contribution < -0.4 is 5.19 Å². The third-order valence-electron chi connectivity index (χ3n) is 13.4. The molecule has 0 radical (unpaired) electrons. The molecule has 0 atom stereocenters. The first kappa shape index (κ1) is 38.8.